The lowest BCUT2D eigenvalue weighted by atomic mass is 10.1. The van der Waals surface area contributed by atoms with Crippen LogP contribution >= 0.6 is 0 Å². The van der Waals surface area contributed by atoms with E-state index in [4.69, 9.17) is 21.9 Å². The number of aromatic amines is 2. The monoisotopic (exact) mass is 1310 g/mol. The Labute approximate surface area is 554 Å². The number of carbonyl (C=O) groups is 1. The zero-order valence-electron chi connectivity index (χ0n) is 57.8. The van der Waals surface area contributed by atoms with Crippen molar-refractivity contribution < 1.29 is 9.53 Å². The number of nitrogens with two attached hydrogens (primary N) is 3. The van der Waals surface area contributed by atoms with E-state index in [2.05, 4.69) is 149 Å². The molecule has 0 radical (unpaired) electrons. The van der Waals surface area contributed by atoms with Gasteiger partial charge in [-0.3, -0.25) is 14.4 Å². The summed E-state index contributed by atoms with van der Waals surface area (Å²) in [6.45, 7) is 36.7. The van der Waals surface area contributed by atoms with Gasteiger partial charge in [-0.1, -0.05) is 10.4 Å². The van der Waals surface area contributed by atoms with E-state index in [1.807, 2.05) is 93.7 Å². The number of hydrogen-bond donors (Lipinski definition) is 5. The summed E-state index contributed by atoms with van der Waals surface area (Å²) in [5.41, 5.74) is 26.5. The van der Waals surface area contributed by atoms with Crippen LogP contribution in [0.1, 0.15) is 199 Å². The molecular formula is C64H88N28O4. The van der Waals surface area contributed by atoms with E-state index in [0.717, 1.165) is 40.2 Å². The SMILES string of the molecule is CC(C)n1ccc2c1N=CCC2N.CC(C)n1cnc2c(N)ccnc21.CC(C)n1cnc2c1N=CCC2=O.CC(C)n1nnc2c(N)ccnc21.CCOc1nc(C)nc2c1ncn2C(C)C.Cc1nc2c(ncn2C(C)C)c(=O)[nH]1.Cc1nc2c(nnn2C(C)C)c(=O)[nH]1. The summed E-state index contributed by atoms with van der Waals surface area (Å²) in [4.78, 5) is 90.2. The number of nitrogens with zero attached hydrogens (tertiary/aromatic N) is 23. The second kappa shape index (κ2) is 31.0. The number of aliphatic imine (C=N–C) groups is 2. The molecule has 2 aliphatic heterocycles. The number of carbonyl (C=O) groups excluding carboxylic acids is 1. The summed E-state index contributed by atoms with van der Waals surface area (Å²) in [7, 11) is 0. The minimum atomic E-state index is -0.237. The molecule has 0 saturated heterocycles. The molecule has 0 saturated carbocycles. The lowest BCUT2D eigenvalue weighted by molar-refractivity contribution is 0.0996. The molecular weight excluding hydrogens is 1220 g/mol. The predicted molar refractivity (Wildman–Crippen MR) is 373 cm³/mol. The first-order valence-corrected chi connectivity index (χ1v) is 31.8. The number of rotatable bonds is 9. The minimum Gasteiger partial charge on any atom is -0.476 e. The van der Waals surface area contributed by atoms with Crippen molar-refractivity contribution in [2.75, 3.05) is 18.1 Å². The number of aryl methyl sites for hydroxylation is 3. The van der Waals surface area contributed by atoms with Gasteiger partial charge in [-0.2, -0.15) is 4.98 Å². The first-order chi connectivity index (χ1) is 45.6. The van der Waals surface area contributed by atoms with Crippen molar-refractivity contribution in [2.45, 2.75) is 186 Å². The van der Waals surface area contributed by atoms with Crippen LogP contribution < -0.4 is 33.1 Å². The van der Waals surface area contributed by atoms with Crippen molar-refractivity contribution >= 4 is 97.0 Å². The van der Waals surface area contributed by atoms with E-state index in [1.165, 1.54) is 5.56 Å². The number of Topliss-reactive ketones (excluding diaryl/α,β-unsaturated/α-hetero) is 1. The molecule has 0 amide bonds. The third-order valence-corrected chi connectivity index (χ3v) is 14.8. The zero-order chi connectivity index (χ0) is 70.0. The van der Waals surface area contributed by atoms with Crippen LogP contribution in [0.4, 0.5) is 23.0 Å². The predicted octanol–water partition coefficient (Wildman–Crippen LogP) is 10.0. The fourth-order valence-corrected chi connectivity index (χ4v) is 9.91. The van der Waals surface area contributed by atoms with Crippen LogP contribution in [0.3, 0.4) is 0 Å². The number of ketones is 1. The van der Waals surface area contributed by atoms with Gasteiger partial charge in [0.05, 0.1) is 55.4 Å². The van der Waals surface area contributed by atoms with Crippen LogP contribution in [0.2, 0.25) is 0 Å². The molecule has 32 nitrogen and oxygen atoms in total. The number of nitrogens with one attached hydrogen (secondary N) is 2. The average Bonchev–Trinajstić information content (AvgIpc) is 1.66. The Balaban J connectivity index is 0.000000143. The van der Waals surface area contributed by atoms with Gasteiger partial charge in [-0.25, -0.2) is 64.2 Å². The second-order valence-corrected chi connectivity index (χ2v) is 24.6. The standard InChI is InChI=1S/C11H16N4O.C10H15N3.C9H12N4O.C9H12N4.C9H11N3O.C8H11N5O.C8H11N5/c1-5-16-11-9-10(13-8(4)14-11)15(6-12-9)7(2)3;1-7(2)13-6-4-8-9(11)3-5-12-10(8)13;1-5(2)13-4-10-7-8(13)11-6(3)12-9(7)14;1-6(2)13-5-12-8-7(10)3-4-11-9(8)13;1-6(2)12-5-11-8-7(13)3-4-10-9(8)12;1-4(2)13-7-6(11-12-13)8(14)10-5(3)9-7;1-5(2)13-8-7(11-12-13)6(9)3-4-10-8/h6-7H,5H2,1-4H3;4-7,9H,3,11H2,1-2H3;4-5H,1-3H3,(H,11,12,14);3-6H,1-2H3,(H2,10,11);4-6H,3H2,1-2H3;4H,1-3H3,(H,9,10,14);3-5H,1-2H3,(H2,9,10). The number of pyridine rings is 2. The summed E-state index contributed by atoms with van der Waals surface area (Å²) in [5, 5.41) is 15.6. The number of hydrogen-bond acceptors (Lipinski definition) is 23. The Morgan fingerprint density at radius 3 is 1.58 bits per heavy atom. The highest BCUT2D eigenvalue weighted by Crippen LogP contribution is 2.33. The quantitative estimate of drug-likeness (QED) is 0.0896. The van der Waals surface area contributed by atoms with Crippen LogP contribution in [-0.2, 0) is 0 Å². The number of ether oxygens (including phenoxy) is 1. The number of nitrogen functional groups attached to an aromatic ring is 2. The Kier molecular flexibility index (Phi) is 22.9. The van der Waals surface area contributed by atoms with Crippen molar-refractivity contribution in [1.29, 1.82) is 0 Å². The minimum absolute atomic E-state index is 0.0596. The first-order valence-electron chi connectivity index (χ1n) is 31.8. The van der Waals surface area contributed by atoms with Crippen molar-refractivity contribution in [3.63, 3.8) is 0 Å². The molecule has 8 N–H and O–H groups in total. The van der Waals surface area contributed by atoms with E-state index < -0.39 is 0 Å². The third-order valence-electron chi connectivity index (χ3n) is 14.8. The molecule has 1 unspecified atom stereocenters. The maximum atomic E-state index is 11.5. The Hall–Kier alpha value is -10.8. The van der Waals surface area contributed by atoms with E-state index in [1.54, 1.807) is 79.3 Å². The van der Waals surface area contributed by atoms with E-state index in [0.29, 0.717) is 111 Å². The van der Waals surface area contributed by atoms with Gasteiger partial charge in [-0.15, -0.1) is 10.2 Å². The molecule has 12 aromatic heterocycles. The van der Waals surface area contributed by atoms with E-state index in [9.17, 15) is 14.4 Å². The lowest BCUT2D eigenvalue weighted by Gasteiger charge is -2.16. The number of imidazole rings is 4. The van der Waals surface area contributed by atoms with Gasteiger partial charge in [0.25, 0.3) is 11.1 Å². The second-order valence-electron chi connectivity index (χ2n) is 24.6. The fourth-order valence-electron chi connectivity index (χ4n) is 9.91. The molecule has 0 bridgehead atoms. The first kappa shape index (κ1) is 71.1. The van der Waals surface area contributed by atoms with Gasteiger partial charge >= 0.3 is 0 Å². The smallest absolute Gasteiger partial charge is 0.281 e. The molecule has 14 heterocycles. The largest absolute Gasteiger partial charge is 0.476 e. The normalized spacial score (nSPS) is 13.1. The van der Waals surface area contributed by atoms with E-state index in [-0.39, 0.29) is 41.1 Å². The van der Waals surface area contributed by atoms with Crippen LogP contribution in [0.25, 0.3) is 55.8 Å². The molecule has 1 atom stereocenters. The van der Waals surface area contributed by atoms with Gasteiger partial charge in [0.2, 0.25) is 5.88 Å². The summed E-state index contributed by atoms with van der Waals surface area (Å²) < 4.78 is 18.8. The highest BCUT2D eigenvalue weighted by molar-refractivity contribution is 6.08. The van der Waals surface area contributed by atoms with Gasteiger partial charge in [-0.05, 0) is 143 Å². The Morgan fingerprint density at radius 2 is 1.00 bits per heavy atom. The molecule has 0 aromatic carbocycles. The van der Waals surface area contributed by atoms with Crippen LogP contribution in [0, 0.1) is 20.8 Å². The van der Waals surface area contributed by atoms with Gasteiger partial charge < -0.3 is 54.7 Å². The molecule has 2 aliphatic rings. The maximum Gasteiger partial charge on any atom is 0.281 e. The number of anilines is 2. The molecule has 32 heteroatoms. The fraction of sp³-hybridized carbons (Fsp3) is 0.453. The third kappa shape index (κ3) is 16.0. The number of H-pyrrole nitrogens is 2. The topological polar surface area (TPSA) is 410 Å². The van der Waals surface area contributed by atoms with Crippen molar-refractivity contribution in [3.05, 3.63) is 112 Å². The molecule has 508 valence electrons. The highest BCUT2D eigenvalue weighted by atomic mass is 16.5. The molecule has 0 fully saturated rings. The van der Waals surface area contributed by atoms with Crippen molar-refractivity contribution in [2.24, 2.45) is 15.7 Å². The van der Waals surface area contributed by atoms with Gasteiger partial charge in [0.1, 0.15) is 28.8 Å². The zero-order valence-corrected chi connectivity index (χ0v) is 57.8. The van der Waals surface area contributed by atoms with Crippen LogP contribution in [0.15, 0.2) is 81.7 Å². The summed E-state index contributed by atoms with van der Waals surface area (Å²) in [6, 6.07) is 7.78. The highest BCUT2D eigenvalue weighted by Gasteiger charge is 2.22. The Bertz CT molecular complexity index is 4630. The number of fused-ring (bicyclic) bond motifs is 7. The van der Waals surface area contributed by atoms with Crippen molar-refractivity contribution in [1.82, 2.24) is 113 Å². The molecule has 0 spiro atoms. The number of aromatic nitrogens is 23. The summed E-state index contributed by atoms with van der Waals surface area (Å²) in [5.74, 6) is 4.27. The summed E-state index contributed by atoms with van der Waals surface area (Å²) >= 11 is 0. The molecule has 96 heavy (non-hydrogen) atoms. The molecule has 12 aromatic rings. The van der Waals surface area contributed by atoms with Crippen LogP contribution in [0.5, 0.6) is 5.88 Å². The summed E-state index contributed by atoms with van der Waals surface area (Å²) in [6.07, 6.45) is 17.1. The van der Waals surface area contributed by atoms with Crippen molar-refractivity contribution in [3.8, 4) is 5.88 Å². The van der Waals surface area contributed by atoms with Crippen LogP contribution in [-0.4, -0.2) is 137 Å². The lowest BCUT2D eigenvalue weighted by Crippen LogP contribution is -2.13. The molecule has 14 rings (SSSR count). The van der Waals surface area contributed by atoms with Gasteiger partial charge in [0.15, 0.2) is 67.6 Å². The van der Waals surface area contributed by atoms with Gasteiger partial charge in [0, 0.05) is 85.7 Å². The van der Waals surface area contributed by atoms with E-state index >= 15 is 0 Å². The Morgan fingerprint density at radius 1 is 0.510 bits per heavy atom. The average molecular weight is 1310 g/mol. The molecule has 0 aliphatic carbocycles. The maximum absolute atomic E-state index is 11.5.